The molecule has 11 heteroatoms. The smallest absolute Gasteiger partial charge is 0.409 e. The number of aliphatic hydroxyl groups is 2. The number of oxime groups is 1. The summed E-state index contributed by atoms with van der Waals surface area (Å²) in [7, 11) is 1.72. The fraction of sp³-hybridized carbons (Fsp3) is 0.468. The minimum absolute atomic E-state index is 0.0807. The number of nitrogens with zero attached hydrogens (tertiary/aromatic N) is 3. The molecule has 0 spiro atoms. The van der Waals surface area contributed by atoms with Crippen LogP contribution < -0.4 is 9.47 Å². The van der Waals surface area contributed by atoms with E-state index in [0.717, 1.165) is 53.8 Å². The molecule has 1 fully saturated rings. The minimum Gasteiger partial charge on any atom is -0.487 e. The van der Waals surface area contributed by atoms with Gasteiger partial charge in [0, 0.05) is 43.9 Å². The van der Waals surface area contributed by atoms with Crippen LogP contribution in [0.15, 0.2) is 109 Å². The first kappa shape index (κ1) is 42.6. The second kappa shape index (κ2) is 20.6. The number of carbonyl (C=O) groups excluding carboxylic acids is 1. The average molecular weight is 794 g/mol. The maximum Gasteiger partial charge on any atom is 0.409 e. The number of amides is 1. The number of ether oxygens (including phenoxy) is 4. The molecule has 2 aromatic carbocycles. The van der Waals surface area contributed by atoms with Crippen molar-refractivity contribution in [2.75, 3.05) is 33.5 Å². The Morgan fingerprint density at radius 1 is 1.00 bits per heavy atom. The van der Waals surface area contributed by atoms with Crippen molar-refractivity contribution in [1.82, 2.24) is 9.88 Å². The maximum absolute atomic E-state index is 13.9. The number of aromatic nitrogens is 1. The van der Waals surface area contributed by atoms with E-state index < -0.39 is 23.8 Å². The molecule has 2 N–H and O–H groups in total. The molecule has 1 saturated carbocycles. The van der Waals surface area contributed by atoms with E-state index in [2.05, 4.69) is 30.3 Å². The van der Waals surface area contributed by atoms with Crippen molar-refractivity contribution >= 4 is 11.8 Å². The van der Waals surface area contributed by atoms with Gasteiger partial charge in [0.05, 0.1) is 30.5 Å². The zero-order valence-corrected chi connectivity index (χ0v) is 34.0. The van der Waals surface area contributed by atoms with E-state index in [1.165, 1.54) is 0 Å². The van der Waals surface area contributed by atoms with Gasteiger partial charge in [0.2, 0.25) is 5.79 Å². The van der Waals surface area contributed by atoms with Crippen LogP contribution in [0.3, 0.4) is 0 Å². The van der Waals surface area contributed by atoms with Crippen molar-refractivity contribution in [3.8, 4) is 11.5 Å². The number of unbranched alkanes of at least 4 members (excludes halogenated alkanes) is 2. The fourth-order valence-electron chi connectivity index (χ4n) is 8.87. The maximum atomic E-state index is 13.9. The van der Waals surface area contributed by atoms with Crippen LogP contribution in [0, 0.1) is 24.7 Å². The number of aryl methyl sites for hydroxylation is 1. The number of rotatable bonds is 21. The van der Waals surface area contributed by atoms with E-state index in [-0.39, 0.29) is 57.2 Å². The molecule has 0 saturated heterocycles. The Bertz CT molecular complexity index is 1900. The molecule has 1 amide bonds. The SMILES string of the molecule is C=CCCOC(=O)N(C)[C@H]1CC(=NOCc2ccccc2)C2=C[C@H](CCCCO)[C@@H](CCCCO)[C@@H]3c4cc(OCc5cccc(C)n5)ccc4O[C@@]1(OCC=C)[C@H]23. The van der Waals surface area contributed by atoms with Crippen molar-refractivity contribution in [1.29, 1.82) is 0 Å². The monoisotopic (exact) mass is 793 g/mol. The summed E-state index contributed by atoms with van der Waals surface area (Å²) in [5, 5.41) is 24.6. The van der Waals surface area contributed by atoms with Crippen LogP contribution in [-0.4, -0.2) is 77.2 Å². The van der Waals surface area contributed by atoms with Crippen LogP contribution in [0.5, 0.6) is 11.5 Å². The Balaban J connectivity index is 1.52. The third-order valence-corrected chi connectivity index (χ3v) is 11.5. The van der Waals surface area contributed by atoms with Crippen LogP contribution >= 0.6 is 0 Å². The largest absolute Gasteiger partial charge is 0.487 e. The van der Waals surface area contributed by atoms with E-state index in [1.807, 2.05) is 67.6 Å². The van der Waals surface area contributed by atoms with Crippen molar-refractivity contribution in [2.24, 2.45) is 22.9 Å². The van der Waals surface area contributed by atoms with Gasteiger partial charge < -0.3 is 38.9 Å². The predicted octanol–water partition coefficient (Wildman–Crippen LogP) is 8.45. The first-order valence-electron chi connectivity index (χ1n) is 20.6. The van der Waals surface area contributed by atoms with E-state index in [9.17, 15) is 15.0 Å². The molecule has 1 aromatic heterocycles. The molecule has 3 aromatic rings. The summed E-state index contributed by atoms with van der Waals surface area (Å²) in [6.45, 7) is 10.9. The van der Waals surface area contributed by atoms with Gasteiger partial charge in [-0.3, -0.25) is 4.98 Å². The Morgan fingerprint density at radius 2 is 1.79 bits per heavy atom. The molecule has 0 unspecified atom stereocenters. The van der Waals surface area contributed by atoms with Crippen molar-refractivity contribution in [3.05, 3.63) is 126 Å². The second-order valence-corrected chi connectivity index (χ2v) is 15.4. The highest BCUT2D eigenvalue weighted by molar-refractivity contribution is 6.02. The van der Waals surface area contributed by atoms with E-state index in [0.29, 0.717) is 43.1 Å². The highest BCUT2D eigenvalue weighted by Gasteiger charge is 2.65. The summed E-state index contributed by atoms with van der Waals surface area (Å²) < 4.78 is 26.3. The summed E-state index contributed by atoms with van der Waals surface area (Å²) in [5.41, 5.74) is 5.38. The summed E-state index contributed by atoms with van der Waals surface area (Å²) in [6.07, 6.45) is 10.7. The first-order chi connectivity index (χ1) is 28.3. The van der Waals surface area contributed by atoms with Crippen LogP contribution in [-0.2, 0) is 27.5 Å². The molecule has 6 atom stereocenters. The molecular weight excluding hydrogens is 735 g/mol. The summed E-state index contributed by atoms with van der Waals surface area (Å²) in [4.78, 5) is 26.2. The molecule has 3 aliphatic rings. The number of benzene rings is 2. The van der Waals surface area contributed by atoms with Gasteiger partial charge in [0.1, 0.15) is 30.8 Å². The lowest BCUT2D eigenvalue weighted by Gasteiger charge is -2.59. The lowest BCUT2D eigenvalue weighted by molar-refractivity contribution is -0.253. The summed E-state index contributed by atoms with van der Waals surface area (Å²) in [6, 6.07) is 21.0. The van der Waals surface area contributed by atoms with E-state index in [4.69, 9.17) is 28.9 Å². The van der Waals surface area contributed by atoms with Crippen molar-refractivity contribution < 1.29 is 38.8 Å². The number of hydrogen-bond donors (Lipinski definition) is 2. The van der Waals surface area contributed by atoms with Gasteiger partial charge in [-0.1, -0.05) is 72.6 Å². The van der Waals surface area contributed by atoms with Gasteiger partial charge in [-0.15, -0.1) is 13.2 Å². The summed E-state index contributed by atoms with van der Waals surface area (Å²) >= 11 is 0. The predicted molar refractivity (Wildman–Crippen MR) is 223 cm³/mol. The zero-order valence-electron chi connectivity index (χ0n) is 34.0. The number of aliphatic hydroxyl groups excluding tert-OH is 2. The topological polar surface area (TPSA) is 132 Å². The normalized spacial score (nSPS) is 23.8. The quantitative estimate of drug-likeness (QED) is 0.0620. The molecule has 0 bridgehead atoms. The Morgan fingerprint density at radius 3 is 2.53 bits per heavy atom. The molecular formula is C47H59N3O8. The fourth-order valence-corrected chi connectivity index (χ4v) is 8.87. The van der Waals surface area contributed by atoms with Crippen LogP contribution in [0.1, 0.15) is 79.8 Å². The molecule has 6 rings (SSSR count). The van der Waals surface area contributed by atoms with Crippen LogP contribution in [0.4, 0.5) is 4.79 Å². The lowest BCUT2D eigenvalue weighted by Crippen LogP contribution is -2.69. The third-order valence-electron chi connectivity index (χ3n) is 11.5. The molecule has 2 aliphatic carbocycles. The number of carbonyl (C=O) groups is 1. The molecule has 0 radical (unpaired) electrons. The molecule has 310 valence electrons. The Kier molecular flexibility index (Phi) is 15.2. The third kappa shape index (κ3) is 9.82. The van der Waals surface area contributed by atoms with Gasteiger partial charge in [0.25, 0.3) is 0 Å². The number of likely N-dealkylation sites (N-methyl/N-ethyl adjacent to an activating group) is 1. The number of pyridine rings is 1. The lowest BCUT2D eigenvalue weighted by atomic mass is 9.55. The second-order valence-electron chi connectivity index (χ2n) is 15.4. The van der Waals surface area contributed by atoms with Gasteiger partial charge in [-0.05, 0) is 92.3 Å². The van der Waals surface area contributed by atoms with Gasteiger partial charge in [-0.2, -0.15) is 0 Å². The van der Waals surface area contributed by atoms with E-state index in [1.54, 1.807) is 24.1 Å². The Hall–Kier alpha value is -4.97. The van der Waals surface area contributed by atoms with Gasteiger partial charge >= 0.3 is 6.09 Å². The van der Waals surface area contributed by atoms with Crippen molar-refractivity contribution in [3.63, 3.8) is 0 Å². The number of hydrogen-bond acceptors (Lipinski definition) is 10. The minimum atomic E-state index is -1.37. The highest BCUT2D eigenvalue weighted by atomic mass is 16.7. The molecule has 2 heterocycles. The van der Waals surface area contributed by atoms with Crippen LogP contribution in [0.2, 0.25) is 0 Å². The van der Waals surface area contributed by atoms with Gasteiger partial charge in [-0.25, -0.2) is 4.79 Å². The summed E-state index contributed by atoms with van der Waals surface area (Å²) in [5.74, 6) is -0.486. The first-order valence-corrected chi connectivity index (χ1v) is 20.6. The number of fused-ring (bicyclic) bond motifs is 2. The standard InChI is InChI=1S/C47H59N3O8/c1-5-7-27-54-46(53)50(4)43-30-41(49-57-31-34-17-9-8-10-18-34)39-28-35(19-11-13-24-51)38(21-12-14-25-52)44-40-29-37(55-32-36-20-15-16-33(3)48-36)22-23-42(40)58-47(43,45(39)44)56-26-6-2/h5-6,8-10,15-18,20,22-23,28-29,35,38,43-45,51-52H,1-2,7,11-14,19,21,24-27,30-32H2,3-4H3/t35-,38+,43-,44+,45+,47+/m0/s1. The zero-order chi connectivity index (χ0) is 40.9. The van der Waals surface area contributed by atoms with Crippen molar-refractivity contribution in [2.45, 2.75) is 89.3 Å². The Labute approximate surface area is 343 Å². The molecule has 1 aliphatic heterocycles. The average Bonchev–Trinajstić information content (AvgIpc) is 3.23. The highest BCUT2D eigenvalue weighted by Crippen LogP contribution is 2.61. The molecule has 58 heavy (non-hydrogen) atoms. The van der Waals surface area contributed by atoms with E-state index >= 15 is 0 Å². The number of allylic oxidation sites excluding steroid dienone is 1. The van der Waals surface area contributed by atoms with Crippen LogP contribution in [0.25, 0.3) is 0 Å². The van der Waals surface area contributed by atoms with Gasteiger partial charge in [0.15, 0.2) is 0 Å². The molecule has 11 nitrogen and oxygen atoms in total.